The molecule has 1 aliphatic heterocycles. The number of nitrogens with zero attached hydrogens (tertiary/aromatic N) is 2. The molecule has 2 aromatic carbocycles. The van der Waals surface area contributed by atoms with E-state index in [1.165, 1.54) is 30.3 Å². The maximum absolute atomic E-state index is 12.5. The first-order valence-corrected chi connectivity index (χ1v) is 10.7. The summed E-state index contributed by atoms with van der Waals surface area (Å²) >= 11 is 12.7. The summed E-state index contributed by atoms with van der Waals surface area (Å²) in [4.78, 5) is 48.2. The first kappa shape index (κ1) is 23.6. The first-order chi connectivity index (χ1) is 15.3. The molecule has 0 radical (unpaired) electrons. The highest BCUT2D eigenvalue weighted by atomic mass is 35.5. The monoisotopic (exact) mass is 495 g/mol. The second kappa shape index (κ2) is 10.5. The molecule has 3 amide bonds. The van der Waals surface area contributed by atoms with E-state index >= 15 is 0 Å². The number of ether oxygens (including phenoxy) is 1. The molecule has 0 saturated carbocycles. The Labute approximate surface area is 196 Å². The molecule has 9 nitrogen and oxygen atoms in total. The fourth-order valence-electron chi connectivity index (χ4n) is 2.68. The molecule has 0 atom stereocenters. The number of amides is 3. The number of thioether (sulfide) groups is 1. The molecule has 12 heteroatoms. The van der Waals surface area contributed by atoms with Crippen molar-refractivity contribution >= 4 is 63.8 Å². The van der Waals surface area contributed by atoms with Gasteiger partial charge in [0.2, 0.25) is 0 Å². The smallest absolute Gasteiger partial charge is 0.310 e. The Bertz CT molecular complexity index is 1120. The first-order valence-electron chi connectivity index (χ1n) is 9.09. The van der Waals surface area contributed by atoms with Crippen LogP contribution in [0.15, 0.2) is 47.4 Å². The molecule has 2 aromatic rings. The van der Waals surface area contributed by atoms with Crippen LogP contribution in [0.3, 0.4) is 0 Å². The second-order valence-electron chi connectivity index (χ2n) is 6.36. The van der Waals surface area contributed by atoms with Crippen molar-refractivity contribution in [2.45, 2.75) is 0 Å². The highest BCUT2D eigenvalue weighted by Crippen LogP contribution is 2.33. The topological polar surface area (TPSA) is 119 Å². The summed E-state index contributed by atoms with van der Waals surface area (Å²) < 4.78 is 5.19. The maximum atomic E-state index is 12.5. The van der Waals surface area contributed by atoms with Gasteiger partial charge in [0, 0.05) is 29.2 Å². The van der Waals surface area contributed by atoms with Crippen molar-refractivity contribution in [2.75, 3.05) is 19.7 Å². The van der Waals surface area contributed by atoms with Gasteiger partial charge in [-0.15, -0.1) is 0 Å². The Kier molecular flexibility index (Phi) is 7.73. The molecule has 0 aliphatic carbocycles. The molecular weight excluding hydrogens is 481 g/mol. The van der Waals surface area contributed by atoms with Gasteiger partial charge in [-0.3, -0.25) is 29.4 Å². The van der Waals surface area contributed by atoms with E-state index in [1.807, 2.05) is 0 Å². The van der Waals surface area contributed by atoms with Crippen LogP contribution in [0.2, 0.25) is 10.0 Å². The average molecular weight is 496 g/mol. The van der Waals surface area contributed by atoms with Gasteiger partial charge in [-0.1, -0.05) is 41.4 Å². The Morgan fingerprint density at radius 2 is 1.97 bits per heavy atom. The number of carbonyl (C=O) groups is 3. The summed E-state index contributed by atoms with van der Waals surface area (Å²) in [7, 11) is 0. The van der Waals surface area contributed by atoms with Gasteiger partial charge in [-0.2, -0.15) is 0 Å². The zero-order valence-corrected chi connectivity index (χ0v) is 18.6. The van der Waals surface area contributed by atoms with E-state index in [-0.39, 0.29) is 29.4 Å². The van der Waals surface area contributed by atoms with Gasteiger partial charge in [0.25, 0.3) is 17.1 Å². The van der Waals surface area contributed by atoms with Crippen molar-refractivity contribution in [3.63, 3.8) is 0 Å². The van der Waals surface area contributed by atoms with Gasteiger partial charge in [0.1, 0.15) is 0 Å². The molecule has 32 heavy (non-hydrogen) atoms. The number of imide groups is 1. The van der Waals surface area contributed by atoms with Crippen LogP contribution >= 0.6 is 35.0 Å². The lowest BCUT2D eigenvalue weighted by Gasteiger charge is -2.13. The number of carbonyl (C=O) groups excluding carboxylic acids is 3. The van der Waals surface area contributed by atoms with Crippen molar-refractivity contribution in [3.8, 4) is 5.75 Å². The van der Waals surface area contributed by atoms with E-state index in [1.54, 1.807) is 18.2 Å². The minimum absolute atomic E-state index is 0.00784. The Morgan fingerprint density at radius 3 is 2.69 bits per heavy atom. The number of nitro groups is 1. The lowest BCUT2D eigenvalue weighted by Crippen LogP contribution is -2.38. The van der Waals surface area contributed by atoms with Crippen molar-refractivity contribution in [1.82, 2.24) is 10.2 Å². The van der Waals surface area contributed by atoms with E-state index < -0.39 is 28.6 Å². The summed E-state index contributed by atoms with van der Waals surface area (Å²) in [6, 6.07) is 10.5. The molecule has 166 valence electrons. The van der Waals surface area contributed by atoms with E-state index in [9.17, 15) is 24.5 Å². The van der Waals surface area contributed by atoms with Crippen LogP contribution in [-0.2, 0) is 9.59 Å². The minimum Gasteiger partial charge on any atom is -0.477 e. The fourth-order valence-corrected chi connectivity index (χ4v) is 4.00. The molecule has 1 heterocycles. The Morgan fingerprint density at radius 1 is 1.22 bits per heavy atom. The molecule has 0 aromatic heterocycles. The Balaban J connectivity index is 1.52. The normalized spacial score (nSPS) is 14.7. The molecule has 1 aliphatic rings. The summed E-state index contributed by atoms with van der Waals surface area (Å²) in [5, 5.41) is 13.8. The molecule has 0 spiro atoms. The van der Waals surface area contributed by atoms with Crippen LogP contribution in [0.4, 0.5) is 10.5 Å². The number of hydrogen-bond donors (Lipinski definition) is 1. The molecular formula is C20H15Cl2N3O6S. The van der Waals surface area contributed by atoms with Gasteiger partial charge in [0.15, 0.2) is 12.4 Å². The van der Waals surface area contributed by atoms with Crippen LogP contribution in [0.25, 0.3) is 6.08 Å². The van der Waals surface area contributed by atoms with Crippen molar-refractivity contribution < 1.29 is 24.0 Å². The predicted molar refractivity (Wildman–Crippen MR) is 121 cm³/mol. The number of nitrogens with one attached hydrogen (secondary N) is 1. The summed E-state index contributed by atoms with van der Waals surface area (Å²) in [5.74, 6) is -1.10. The third kappa shape index (κ3) is 5.78. The predicted octanol–water partition coefficient (Wildman–Crippen LogP) is 4.13. The van der Waals surface area contributed by atoms with E-state index in [0.717, 1.165) is 16.7 Å². The average Bonchev–Trinajstić information content (AvgIpc) is 3.01. The van der Waals surface area contributed by atoms with Crippen molar-refractivity contribution in [2.24, 2.45) is 0 Å². The molecule has 0 bridgehead atoms. The lowest BCUT2D eigenvalue weighted by atomic mass is 10.2. The molecule has 1 fully saturated rings. The second-order valence-corrected chi connectivity index (χ2v) is 8.20. The number of hydrogen-bond acceptors (Lipinski definition) is 7. The van der Waals surface area contributed by atoms with Crippen LogP contribution in [0.1, 0.15) is 5.56 Å². The van der Waals surface area contributed by atoms with Crippen LogP contribution in [0, 0.1) is 10.1 Å². The summed E-state index contributed by atoms with van der Waals surface area (Å²) in [6.45, 7) is -0.513. The summed E-state index contributed by atoms with van der Waals surface area (Å²) in [5.41, 5.74) is 0.285. The van der Waals surface area contributed by atoms with Gasteiger partial charge in [0.05, 0.1) is 9.83 Å². The number of halogens is 2. The van der Waals surface area contributed by atoms with Crippen molar-refractivity contribution in [1.29, 1.82) is 0 Å². The zero-order chi connectivity index (χ0) is 23.3. The van der Waals surface area contributed by atoms with Gasteiger partial charge in [-0.25, -0.2) is 0 Å². The Hall–Kier alpha value is -3.08. The lowest BCUT2D eigenvalue weighted by molar-refractivity contribution is -0.385. The number of nitro benzene ring substituents is 1. The highest BCUT2D eigenvalue weighted by molar-refractivity contribution is 8.18. The minimum atomic E-state index is -0.613. The van der Waals surface area contributed by atoms with E-state index in [2.05, 4.69) is 5.32 Å². The van der Waals surface area contributed by atoms with Crippen LogP contribution in [-0.4, -0.2) is 46.6 Å². The zero-order valence-electron chi connectivity index (χ0n) is 16.2. The third-order valence-corrected chi connectivity index (χ3v) is 5.67. The van der Waals surface area contributed by atoms with Crippen LogP contribution < -0.4 is 10.1 Å². The quantitative estimate of drug-likeness (QED) is 0.332. The molecule has 0 unspecified atom stereocenters. The van der Waals surface area contributed by atoms with Gasteiger partial charge >= 0.3 is 5.69 Å². The SMILES string of the molecule is O=C(COc1ccccc1[N+](=O)[O-])NCCN1C(=O)S/C(=C\c2ccc(Cl)cc2Cl)C1=O. The number of rotatable bonds is 8. The largest absolute Gasteiger partial charge is 0.477 e. The molecule has 1 N–H and O–H groups in total. The van der Waals surface area contributed by atoms with Gasteiger partial charge < -0.3 is 10.1 Å². The third-order valence-electron chi connectivity index (χ3n) is 4.20. The fraction of sp³-hybridized carbons (Fsp3) is 0.150. The van der Waals surface area contributed by atoms with E-state index in [4.69, 9.17) is 27.9 Å². The highest BCUT2D eigenvalue weighted by Gasteiger charge is 2.34. The number of para-hydroxylation sites is 2. The number of benzene rings is 2. The van der Waals surface area contributed by atoms with Crippen molar-refractivity contribution in [3.05, 3.63) is 73.1 Å². The van der Waals surface area contributed by atoms with E-state index in [0.29, 0.717) is 15.6 Å². The maximum Gasteiger partial charge on any atom is 0.310 e. The summed E-state index contributed by atoms with van der Waals surface area (Å²) in [6.07, 6.45) is 1.50. The molecule has 3 rings (SSSR count). The van der Waals surface area contributed by atoms with Crippen LogP contribution in [0.5, 0.6) is 5.75 Å². The molecule has 1 saturated heterocycles. The van der Waals surface area contributed by atoms with Gasteiger partial charge in [-0.05, 0) is 41.6 Å². The standard InChI is InChI=1S/C20H15Cl2N3O6S/c21-13-6-5-12(14(22)10-13)9-17-19(27)24(20(28)32-17)8-7-23-18(26)11-31-16-4-2-1-3-15(16)25(29)30/h1-6,9-10H,7-8,11H2,(H,23,26)/b17-9-.